The number of hydrogen-bond donors (Lipinski definition) is 2. The van der Waals surface area contributed by atoms with E-state index < -0.39 is 12.1 Å². The van der Waals surface area contributed by atoms with Crippen molar-refractivity contribution in [1.29, 1.82) is 0 Å². The molecule has 1 aromatic rings. The lowest BCUT2D eigenvalue weighted by atomic mass is 10.3. The number of carboxylic acids is 1. The van der Waals surface area contributed by atoms with Crippen LogP contribution in [0.3, 0.4) is 0 Å². The molecule has 2 amide bonds. The first-order valence-corrected chi connectivity index (χ1v) is 6.62. The minimum atomic E-state index is -1.12. The summed E-state index contributed by atoms with van der Waals surface area (Å²) >= 11 is 7.19. The summed E-state index contributed by atoms with van der Waals surface area (Å²) in [6.07, 6.45) is -1.05. The highest BCUT2D eigenvalue weighted by Crippen LogP contribution is 2.22. The number of rotatable bonds is 6. The molecule has 0 saturated heterocycles. The van der Waals surface area contributed by atoms with E-state index in [9.17, 15) is 9.59 Å². The van der Waals surface area contributed by atoms with Gasteiger partial charge in [0.15, 0.2) is 6.10 Å². The van der Waals surface area contributed by atoms with Crippen LogP contribution < -0.4 is 5.32 Å². The lowest BCUT2D eigenvalue weighted by Crippen LogP contribution is -2.43. The van der Waals surface area contributed by atoms with Crippen molar-refractivity contribution < 1.29 is 19.4 Å². The molecule has 0 fully saturated rings. The maximum Gasteiger partial charge on any atom is 0.334 e. The Morgan fingerprint density at radius 2 is 2.26 bits per heavy atom. The summed E-state index contributed by atoms with van der Waals surface area (Å²) in [5.74, 6) is -1.12. The normalized spacial score (nSPS) is 11.9. The van der Waals surface area contributed by atoms with Crippen LogP contribution in [0.15, 0.2) is 12.1 Å². The Bertz CT molecular complexity index is 452. The minimum absolute atomic E-state index is 0.0831. The molecule has 19 heavy (non-hydrogen) atoms. The first-order valence-electron chi connectivity index (χ1n) is 5.42. The zero-order chi connectivity index (χ0) is 14.4. The number of nitrogens with zero attached hydrogens (tertiary/aromatic N) is 1. The van der Waals surface area contributed by atoms with Gasteiger partial charge in [0.1, 0.15) is 0 Å². The minimum Gasteiger partial charge on any atom is -0.479 e. The Morgan fingerprint density at radius 1 is 1.58 bits per heavy atom. The van der Waals surface area contributed by atoms with Crippen LogP contribution in [-0.2, 0) is 16.1 Å². The molecular formula is C11H15ClN2O4S. The van der Waals surface area contributed by atoms with Crippen molar-refractivity contribution in [2.24, 2.45) is 0 Å². The predicted octanol–water partition coefficient (Wildman–Crippen LogP) is 1.64. The molecule has 0 bridgehead atoms. The zero-order valence-corrected chi connectivity index (χ0v) is 12.1. The molecule has 1 unspecified atom stereocenters. The monoisotopic (exact) mass is 306 g/mol. The molecule has 1 rings (SSSR count). The van der Waals surface area contributed by atoms with Gasteiger partial charge < -0.3 is 20.1 Å². The SMILES string of the molecule is COC(CNC(=O)N(C)Cc1ccc(Cl)s1)C(=O)O. The summed E-state index contributed by atoms with van der Waals surface area (Å²) in [6.45, 7) is 0.328. The van der Waals surface area contributed by atoms with Gasteiger partial charge in [-0.2, -0.15) is 0 Å². The van der Waals surface area contributed by atoms with Gasteiger partial charge in [0.2, 0.25) is 0 Å². The fourth-order valence-corrected chi connectivity index (χ4v) is 2.47. The number of aliphatic carboxylic acids is 1. The lowest BCUT2D eigenvalue weighted by Gasteiger charge is -2.18. The maximum absolute atomic E-state index is 11.7. The van der Waals surface area contributed by atoms with E-state index in [0.717, 1.165) is 4.88 Å². The smallest absolute Gasteiger partial charge is 0.334 e. The number of nitrogens with one attached hydrogen (secondary N) is 1. The largest absolute Gasteiger partial charge is 0.479 e. The number of amides is 2. The Balaban J connectivity index is 2.42. The first kappa shape index (κ1) is 15.7. The third-order valence-electron chi connectivity index (χ3n) is 2.37. The molecule has 8 heteroatoms. The standard InChI is InChI=1S/C11H15ClN2O4S/c1-14(6-7-3-4-9(12)19-7)11(17)13-5-8(18-2)10(15)16/h3-4,8H,5-6H2,1-2H3,(H,13,17)(H,15,16). The third kappa shape index (κ3) is 5.06. The van der Waals surface area contributed by atoms with Crippen LogP contribution in [0, 0.1) is 0 Å². The molecule has 1 heterocycles. The van der Waals surface area contributed by atoms with Crippen LogP contribution in [0.25, 0.3) is 0 Å². The van der Waals surface area contributed by atoms with E-state index in [-0.39, 0.29) is 12.6 Å². The molecule has 0 saturated carbocycles. The van der Waals surface area contributed by atoms with Crippen molar-refractivity contribution in [1.82, 2.24) is 10.2 Å². The zero-order valence-electron chi connectivity index (χ0n) is 10.6. The molecule has 0 aliphatic rings. The van der Waals surface area contributed by atoms with Gasteiger partial charge >= 0.3 is 12.0 Å². The Kier molecular flexibility index (Phi) is 6.07. The number of halogens is 1. The van der Waals surface area contributed by atoms with E-state index in [4.69, 9.17) is 21.4 Å². The Morgan fingerprint density at radius 3 is 2.74 bits per heavy atom. The first-order chi connectivity index (χ1) is 8.93. The summed E-state index contributed by atoms with van der Waals surface area (Å²) < 4.78 is 5.38. The van der Waals surface area contributed by atoms with Crippen LogP contribution >= 0.6 is 22.9 Å². The highest BCUT2D eigenvalue weighted by Gasteiger charge is 2.18. The van der Waals surface area contributed by atoms with Gasteiger partial charge in [0.25, 0.3) is 0 Å². The molecule has 2 N–H and O–H groups in total. The van der Waals surface area contributed by atoms with Crippen molar-refractivity contribution in [2.45, 2.75) is 12.6 Å². The average molecular weight is 307 g/mol. The molecule has 106 valence electrons. The van der Waals surface area contributed by atoms with E-state index in [1.165, 1.54) is 23.3 Å². The average Bonchev–Trinajstić information content (AvgIpc) is 2.74. The van der Waals surface area contributed by atoms with E-state index in [2.05, 4.69) is 5.32 Å². The molecule has 0 spiro atoms. The number of carbonyl (C=O) groups is 2. The maximum atomic E-state index is 11.7. The molecule has 0 aliphatic heterocycles. The molecular weight excluding hydrogens is 292 g/mol. The summed E-state index contributed by atoms with van der Waals surface area (Å²) in [5.41, 5.74) is 0. The number of carboxylic acid groups (broad SMARTS) is 1. The number of methoxy groups -OCH3 is 1. The van der Waals surface area contributed by atoms with Gasteiger partial charge in [-0.3, -0.25) is 0 Å². The van der Waals surface area contributed by atoms with E-state index in [1.807, 2.05) is 6.07 Å². The van der Waals surface area contributed by atoms with E-state index >= 15 is 0 Å². The molecule has 6 nitrogen and oxygen atoms in total. The summed E-state index contributed by atoms with van der Waals surface area (Å²) in [7, 11) is 2.90. The second kappa shape index (κ2) is 7.32. The van der Waals surface area contributed by atoms with Crippen molar-refractivity contribution in [2.75, 3.05) is 20.7 Å². The lowest BCUT2D eigenvalue weighted by molar-refractivity contribution is -0.148. The van der Waals surface area contributed by atoms with Gasteiger partial charge in [-0.1, -0.05) is 11.6 Å². The molecule has 1 aromatic heterocycles. The molecule has 0 aliphatic carbocycles. The summed E-state index contributed by atoms with van der Waals surface area (Å²) in [4.78, 5) is 24.8. The third-order valence-corrected chi connectivity index (χ3v) is 3.58. The van der Waals surface area contributed by atoms with Gasteiger partial charge in [-0.25, -0.2) is 9.59 Å². The van der Waals surface area contributed by atoms with Gasteiger partial charge in [-0.15, -0.1) is 11.3 Å². The predicted molar refractivity (Wildman–Crippen MR) is 72.6 cm³/mol. The van der Waals surface area contributed by atoms with Gasteiger partial charge in [0.05, 0.1) is 17.4 Å². The van der Waals surface area contributed by atoms with Crippen molar-refractivity contribution in [3.63, 3.8) is 0 Å². The number of thiophene rings is 1. The van der Waals surface area contributed by atoms with Gasteiger partial charge in [0, 0.05) is 19.0 Å². The fourth-order valence-electron chi connectivity index (χ4n) is 1.33. The van der Waals surface area contributed by atoms with E-state index in [1.54, 1.807) is 13.1 Å². The number of carbonyl (C=O) groups excluding carboxylic acids is 1. The summed E-state index contributed by atoms with van der Waals surface area (Å²) in [6, 6.07) is 3.23. The Labute approximate surface area is 119 Å². The van der Waals surface area contributed by atoms with Crippen LogP contribution in [0.1, 0.15) is 4.88 Å². The second-order valence-corrected chi connectivity index (χ2v) is 5.61. The molecule has 0 radical (unpaired) electrons. The molecule has 1 atom stereocenters. The number of urea groups is 1. The van der Waals surface area contributed by atoms with Crippen molar-refractivity contribution >= 4 is 34.9 Å². The van der Waals surface area contributed by atoms with Crippen molar-refractivity contribution in [3.05, 3.63) is 21.3 Å². The molecule has 0 aromatic carbocycles. The van der Waals surface area contributed by atoms with Crippen LogP contribution in [-0.4, -0.2) is 48.8 Å². The second-order valence-electron chi connectivity index (χ2n) is 3.81. The fraction of sp³-hybridized carbons (Fsp3) is 0.455. The number of hydrogen-bond acceptors (Lipinski definition) is 4. The summed E-state index contributed by atoms with van der Waals surface area (Å²) in [5, 5.41) is 11.3. The quantitative estimate of drug-likeness (QED) is 0.837. The number of ether oxygens (including phenoxy) is 1. The Hall–Kier alpha value is -1.31. The highest BCUT2D eigenvalue weighted by molar-refractivity contribution is 7.16. The van der Waals surface area contributed by atoms with Gasteiger partial charge in [-0.05, 0) is 12.1 Å². The van der Waals surface area contributed by atoms with E-state index in [0.29, 0.717) is 10.9 Å². The van der Waals surface area contributed by atoms with Crippen LogP contribution in [0.5, 0.6) is 0 Å². The topological polar surface area (TPSA) is 78.9 Å². The van der Waals surface area contributed by atoms with Crippen LogP contribution in [0.4, 0.5) is 4.79 Å². The van der Waals surface area contributed by atoms with Crippen molar-refractivity contribution in [3.8, 4) is 0 Å². The van der Waals surface area contributed by atoms with Crippen LogP contribution in [0.2, 0.25) is 4.34 Å². The highest BCUT2D eigenvalue weighted by atomic mass is 35.5.